The Morgan fingerprint density at radius 2 is 2.05 bits per heavy atom. The van der Waals surface area contributed by atoms with Gasteiger partial charge in [-0.2, -0.15) is 0 Å². The number of aliphatic hydroxyl groups is 1. The van der Waals surface area contributed by atoms with Gasteiger partial charge >= 0.3 is 0 Å². The van der Waals surface area contributed by atoms with Crippen molar-refractivity contribution in [3.8, 4) is 0 Å². The van der Waals surface area contributed by atoms with Crippen LogP contribution in [0.1, 0.15) is 13.8 Å². The van der Waals surface area contributed by atoms with Crippen molar-refractivity contribution in [2.24, 2.45) is 5.92 Å². The Balaban J connectivity index is 3.01. The van der Waals surface area contributed by atoms with Gasteiger partial charge in [0.05, 0.1) is 10.6 Å². The quantitative estimate of drug-likeness (QED) is 0.698. The maximum atomic E-state index is 13.8. The predicted molar refractivity (Wildman–Crippen MR) is 74.5 cm³/mol. The molecule has 1 unspecified atom stereocenters. The molecule has 0 saturated heterocycles. The van der Waals surface area contributed by atoms with Gasteiger partial charge in [0.2, 0.25) is 10.0 Å². The van der Waals surface area contributed by atoms with E-state index in [0.29, 0.717) is 0 Å². The fourth-order valence-electron chi connectivity index (χ4n) is 1.29. The summed E-state index contributed by atoms with van der Waals surface area (Å²) in [5, 5.41) is 9.56. The van der Waals surface area contributed by atoms with Crippen LogP contribution in [0, 0.1) is 11.7 Å². The van der Waals surface area contributed by atoms with E-state index in [2.05, 4.69) is 20.7 Å². The van der Waals surface area contributed by atoms with E-state index >= 15 is 0 Å². The van der Waals surface area contributed by atoms with Gasteiger partial charge in [-0.15, -0.1) is 0 Å². The SMILES string of the molecule is CC(C)C(O)CNS(=O)(=O)c1cc(N)cc(Br)c1F. The van der Waals surface area contributed by atoms with Gasteiger partial charge in [-0.05, 0) is 34.0 Å². The minimum Gasteiger partial charge on any atom is -0.399 e. The van der Waals surface area contributed by atoms with Crippen LogP contribution in [0.4, 0.5) is 10.1 Å². The average Bonchev–Trinajstić information content (AvgIpc) is 2.30. The maximum Gasteiger partial charge on any atom is 0.243 e. The molecule has 0 spiro atoms. The fraction of sp³-hybridized carbons (Fsp3) is 0.455. The van der Waals surface area contributed by atoms with Crippen molar-refractivity contribution in [1.82, 2.24) is 4.72 Å². The van der Waals surface area contributed by atoms with Crippen molar-refractivity contribution in [2.45, 2.75) is 24.8 Å². The van der Waals surface area contributed by atoms with Gasteiger partial charge in [-0.3, -0.25) is 0 Å². The highest BCUT2D eigenvalue weighted by Gasteiger charge is 2.23. The monoisotopic (exact) mass is 354 g/mol. The van der Waals surface area contributed by atoms with Crippen molar-refractivity contribution in [3.05, 3.63) is 22.4 Å². The minimum atomic E-state index is -4.06. The summed E-state index contributed by atoms with van der Waals surface area (Å²) in [6, 6.07) is 2.31. The van der Waals surface area contributed by atoms with Crippen LogP contribution in [0.2, 0.25) is 0 Å². The first kappa shape index (κ1) is 16.4. The van der Waals surface area contributed by atoms with E-state index in [0.717, 1.165) is 6.07 Å². The van der Waals surface area contributed by atoms with Crippen molar-refractivity contribution in [3.63, 3.8) is 0 Å². The molecule has 1 aromatic carbocycles. The smallest absolute Gasteiger partial charge is 0.243 e. The van der Waals surface area contributed by atoms with Crippen LogP contribution in [0.3, 0.4) is 0 Å². The molecule has 0 fully saturated rings. The van der Waals surface area contributed by atoms with E-state index in [9.17, 15) is 17.9 Å². The lowest BCUT2D eigenvalue weighted by Gasteiger charge is -2.15. The molecule has 1 rings (SSSR count). The molecule has 108 valence electrons. The molecule has 0 aliphatic carbocycles. The molecule has 19 heavy (non-hydrogen) atoms. The van der Waals surface area contributed by atoms with Crippen LogP contribution in [-0.4, -0.2) is 26.2 Å². The van der Waals surface area contributed by atoms with Gasteiger partial charge in [0.1, 0.15) is 4.90 Å². The highest BCUT2D eigenvalue weighted by molar-refractivity contribution is 9.10. The molecule has 4 N–H and O–H groups in total. The van der Waals surface area contributed by atoms with Crippen LogP contribution in [0.25, 0.3) is 0 Å². The molecule has 1 atom stereocenters. The Bertz CT molecular complexity index is 563. The summed E-state index contributed by atoms with van der Waals surface area (Å²) >= 11 is 2.90. The summed E-state index contributed by atoms with van der Waals surface area (Å²) in [6.45, 7) is 3.30. The van der Waals surface area contributed by atoms with Crippen LogP contribution in [0.5, 0.6) is 0 Å². The molecule has 8 heteroatoms. The number of nitrogens with two attached hydrogens (primary N) is 1. The second-order valence-electron chi connectivity index (χ2n) is 4.48. The average molecular weight is 355 g/mol. The summed E-state index contributed by atoms with van der Waals surface area (Å²) in [5.41, 5.74) is 5.61. The first-order valence-electron chi connectivity index (χ1n) is 5.57. The van der Waals surface area contributed by atoms with Gasteiger partial charge in [-0.25, -0.2) is 17.5 Å². The summed E-state index contributed by atoms with van der Waals surface area (Å²) < 4.78 is 39.8. The van der Waals surface area contributed by atoms with Crippen molar-refractivity contribution < 1.29 is 17.9 Å². The molecule has 0 heterocycles. The minimum absolute atomic E-state index is 0.0303. The zero-order chi connectivity index (χ0) is 14.8. The van der Waals surface area contributed by atoms with Crippen LogP contribution in [0.15, 0.2) is 21.5 Å². The number of anilines is 1. The molecule has 0 amide bonds. The van der Waals surface area contributed by atoms with Gasteiger partial charge in [0.15, 0.2) is 5.82 Å². The van der Waals surface area contributed by atoms with Crippen molar-refractivity contribution in [2.75, 3.05) is 12.3 Å². The normalized spacial score (nSPS) is 13.8. The Kier molecular flexibility index (Phi) is 5.31. The number of nitrogen functional groups attached to an aromatic ring is 1. The van der Waals surface area contributed by atoms with Crippen LogP contribution >= 0.6 is 15.9 Å². The van der Waals surface area contributed by atoms with Crippen molar-refractivity contribution in [1.29, 1.82) is 0 Å². The van der Waals surface area contributed by atoms with Gasteiger partial charge in [0, 0.05) is 12.2 Å². The molecular weight excluding hydrogens is 339 g/mol. The molecule has 5 nitrogen and oxygen atoms in total. The second kappa shape index (κ2) is 6.17. The number of nitrogens with one attached hydrogen (secondary N) is 1. The number of rotatable bonds is 5. The van der Waals surface area contributed by atoms with E-state index < -0.39 is 26.8 Å². The lowest BCUT2D eigenvalue weighted by molar-refractivity contribution is 0.129. The summed E-state index contributed by atoms with van der Waals surface area (Å²) in [4.78, 5) is -0.546. The van der Waals surface area contributed by atoms with E-state index in [1.807, 2.05) is 0 Å². The third kappa shape index (κ3) is 4.13. The molecular formula is C11H16BrFN2O3S. The molecule has 0 aliphatic rings. The highest BCUT2D eigenvalue weighted by atomic mass is 79.9. The van der Waals surface area contributed by atoms with Gasteiger partial charge in [0.25, 0.3) is 0 Å². The highest BCUT2D eigenvalue weighted by Crippen LogP contribution is 2.25. The van der Waals surface area contributed by atoms with E-state index in [1.165, 1.54) is 6.07 Å². The number of aliphatic hydroxyl groups excluding tert-OH is 1. The van der Waals surface area contributed by atoms with Crippen molar-refractivity contribution >= 4 is 31.6 Å². The molecule has 0 aromatic heterocycles. The number of halogens is 2. The van der Waals surface area contributed by atoms with Gasteiger partial charge < -0.3 is 10.8 Å². The topological polar surface area (TPSA) is 92.4 Å². The Morgan fingerprint density at radius 1 is 1.47 bits per heavy atom. The fourth-order valence-corrected chi connectivity index (χ4v) is 3.08. The lowest BCUT2D eigenvalue weighted by Crippen LogP contribution is -2.35. The molecule has 0 aliphatic heterocycles. The standard InChI is InChI=1S/C11H16BrFN2O3S/c1-6(2)9(16)5-15-19(17,18)10-4-7(14)3-8(12)11(10)13/h3-4,6,9,15-16H,5,14H2,1-2H3. The zero-order valence-electron chi connectivity index (χ0n) is 10.5. The Labute approximate surface area is 120 Å². The Morgan fingerprint density at radius 3 is 2.58 bits per heavy atom. The first-order valence-corrected chi connectivity index (χ1v) is 7.85. The third-order valence-corrected chi connectivity index (χ3v) is 4.56. The number of benzene rings is 1. The zero-order valence-corrected chi connectivity index (χ0v) is 12.9. The van der Waals surface area contributed by atoms with E-state index in [1.54, 1.807) is 13.8 Å². The first-order chi connectivity index (χ1) is 8.65. The summed E-state index contributed by atoms with van der Waals surface area (Å²) in [5.74, 6) is -1.03. The van der Waals surface area contributed by atoms with E-state index in [4.69, 9.17) is 5.73 Å². The van der Waals surface area contributed by atoms with E-state index in [-0.39, 0.29) is 22.6 Å². The largest absolute Gasteiger partial charge is 0.399 e. The Hall–Kier alpha value is -0.700. The van der Waals surface area contributed by atoms with Gasteiger partial charge in [-0.1, -0.05) is 13.8 Å². The van der Waals surface area contributed by atoms with Crippen LogP contribution < -0.4 is 10.5 Å². The number of sulfonamides is 1. The third-order valence-electron chi connectivity index (χ3n) is 2.56. The molecule has 1 aromatic rings. The molecule has 0 bridgehead atoms. The van der Waals surface area contributed by atoms with Crippen LogP contribution in [-0.2, 0) is 10.0 Å². The maximum absolute atomic E-state index is 13.8. The molecule has 0 saturated carbocycles. The number of hydrogen-bond acceptors (Lipinski definition) is 4. The number of hydrogen-bond donors (Lipinski definition) is 3. The predicted octanol–water partition coefficient (Wildman–Crippen LogP) is 1.47. The summed E-state index contributed by atoms with van der Waals surface area (Å²) in [6.07, 6.45) is -0.845. The summed E-state index contributed by atoms with van der Waals surface area (Å²) in [7, 11) is -4.06. The molecule has 0 radical (unpaired) electrons. The lowest BCUT2D eigenvalue weighted by atomic mass is 10.1. The second-order valence-corrected chi connectivity index (χ2v) is 7.07.